The Labute approximate surface area is 134 Å². The number of carbonyl (C=O) groups excluding carboxylic acids is 1. The van der Waals surface area contributed by atoms with Crippen molar-refractivity contribution in [3.63, 3.8) is 0 Å². The number of benzene rings is 1. The lowest BCUT2D eigenvalue weighted by Crippen LogP contribution is -2.42. The summed E-state index contributed by atoms with van der Waals surface area (Å²) in [7, 11) is 1.61. The molecular weight excluding hydrogens is 300 g/mol. The van der Waals surface area contributed by atoms with Gasteiger partial charge in [0.1, 0.15) is 12.3 Å². The lowest BCUT2D eigenvalue weighted by Gasteiger charge is -2.20. The first-order chi connectivity index (χ1) is 10.3. The average Bonchev–Trinajstić information content (AvgIpc) is 2.78. The van der Waals surface area contributed by atoms with Gasteiger partial charge in [-0.15, -0.1) is 0 Å². The summed E-state index contributed by atoms with van der Waals surface area (Å²) in [6.45, 7) is 5.92. The predicted octanol–water partition coefficient (Wildman–Crippen LogP) is 2.53. The number of nitrogens with one attached hydrogen (secondary N) is 2. The Morgan fingerprint density at radius 3 is 2.55 bits per heavy atom. The van der Waals surface area contributed by atoms with Crippen molar-refractivity contribution in [3.8, 4) is 17.1 Å². The highest BCUT2D eigenvalue weighted by atomic mass is 32.1. The first kappa shape index (κ1) is 16.2. The van der Waals surface area contributed by atoms with E-state index in [9.17, 15) is 4.79 Å². The molecule has 1 amide bonds. The standard InChI is InChI=1S/C15H20N4O2S/c1-15(2,3)16-12(20)9-19-13(17-18-14(19)22)10-5-7-11(21-4)8-6-10/h5-8H,9H2,1-4H3,(H,16,20)(H,18,22). The number of aromatic amines is 1. The van der Waals surface area contributed by atoms with Gasteiger partial charge in [0.25, 0.3) is 0 Å². The number of nitrogens with zero attached hydrogens (tertiary/aromatic N) is 2. The molecule has 0 aliphatic rings. The Bertz CT molecular complexity index is 710. The molecule has 2 aromatic rings. The van der Waals surface area contributed by atoms with E-state index in [0.29, 0.717) is 10.6 Å². The van der Waals surface area contributed by atoms with Crippen LogP contribution in [0.5, 0.6) is 5.75 Å². The Morgan fingerprint density at radius 2 is 2.00 bits per heavy atom. The summed E-state index contributed by atoms with van der Waals surface area (Å²) in [5, 5.41) is 9.87. The van der Waals surface area contributed by atoms with Crippen LogP contribution in [0.3, 0.4) is 0 Å². The number of hydrogen-bond acceptors (Lipinski definition) is 4. The van der Waals surface area contributed by atoms with Crippen LogP contribution in [0.25, 0.3) is 11.4 Å². The topological polar surface area (TPSA) is 71.9 Å². The Kier molecular flexibility index (Phi) is 4.65. The first-order valence-electron chi connectivity index (χ1n) is 6.91. The molecule has 0 aliphatic heterocycles. The van der Waals surface area contributed by atoms with Crippen molar-refractivity contribution in [2.45, 2.75) is 32.9 Å². The van der Waals surface area contributed by atoms with E-state index in [1.54, 1.807) is 11.7 Å². The molecule has 0 spiro atoms. The SMILES string of the molecule is COc1ccc(-c2n[nH]c(=S)n2CC(=O)NC(C)(C)C)cc1. The number of H-pyrrole nitrogens is 1. The van der Waals surface area contributed by atoms with Gasteiger partial charge < -0.3 is 10.1 Å². The normalized spacial score (nSPS) is 11.3. The lowest BCUT2D eigenvalue weighted by molar-refractivity contribution is -0.123. The van der Waals surface area contributed by atoms with Crippen LogP contribution in [0, 0.1) is 4.77 Å². The number of ether oxygens (including phenoxy) is 1. The maximum absolute atomic E-state index is 12.1. The number of aromatic nitrogens is 3. The second-order valence-corrected chi connectivity index (χ2v) is 6.35. The van der Waals surface area contributed by atoms with Crippen molar-refractivity contribution < 1.29 is 9.53 Å². The molecule has 0 radical (unpaired) electrons. The van der Waals surface area contributed by atoms with Crippen molar-refractivity contribution in [3.05, 3.63) is 29.0 Å². The van der Waals surface area contributed by atoms with Gasteiger partial charge >= 0.3 is 0 Å². The molecule has 0 saturated carbocycles. The van der Waals surface area contributed by atoms with Gasteiger partial charge in [0, 0.05) is 11.1 Å². The van der Waals surface area contributed by atoms with Gasteiger partial charge in [-0.2, -0.15) is 5.10 Å². The van der Waals surface area contributed by atoms with Gasteiger partial charge in [0.15, 0.2) is 10.6 Å². The molecule has 2 rings (SSSR count). The Morgan fingerprint density at radius 1 is 1.36 bits per heavy atom. The van der Waals surface area contributed by atoms with Crippen molar-refractivity contribution in [1.29, 1.82) is 0 Å². The van der Waals surface area contributed by atoms with E-state index in [1.165, 1.54) is 0 Å². The molecule has 1 heterocycles. The highest BCUT2D eigenvalue weighted by Crippen LogP contribution is 2.20. The summed E-state index contributed by atoms with van der Waals surface area (Å²) >= 11 is 5.22. The van der Waals surface area contributed by atoms with E-state index in [2.05, 4.69) is 15.5 Å². The molecule has 0 aliphatic carbocycles. The Balaban J connectivity index is 2.27. The van der Waals surface area contributed by atoms with E-state index in [1.807, 2.05) is 45.0 Å². The second kappa shape index (κ2) is 6.31. The first-order valence-corrected chi connectivity index (χ1v) is 7.31. The molecular formula is C15H20N4O2S. The van der Waals surface area contributed by atoms with Gasteiger partial charge in [-0.3, -0.25) is 14.5 Å². The molecule has 7 heteroatoms. The third-order valence-electron chi connectivity index (χ3n) is 2.92. The molecule has 0 fully saturated rings. The van der Waals surface area contributed by atoms with Gasteiger partial charge in [0.05, 0.1) is 7.11 Å². The van der Waals surface area contributed by atoms with Gasteiger partial charge in [-0.1, -0.05) is 0 Å². The van der Waals surface area contributed by atoms with Crippen LogP contribution in [-0.2, 0) is 11.3 Å². The minimum Gasteiger partial charge on any atom is -0.497 e. The summed E-state index contributed by atoms with van der Waals surface area (Å²) in [4.78, 5) is 12.1. The zero-order valence-electron chi connectivity index (χ0n) is 13.1. The van der Waals surface area contributed by atoms with Crippen LogP contribution in [-0.4, -0.2) is 33.3 Å². The maximum Gasteiger partial charge on any atom is 0.240 e. The van der Waals surface area contributed by atoms with Crippen LogP contribution in [0.15, 0.2) is 24.3 Å². The van der Waals surface area contributed by atoms with Crippen molar-refractivity contribution in [2.24, 2.45) is 0 Å². The molecule has 0 unspecified atom stereocenters. The largest absolute Gasteiger partial charge is 0.497 e. The molecule has 0 atom stereocenters. The third-order valence-corrected chi connectivity index (χ3v) is 3.23. The van der Waals surface area contributed by atoms with E-state index in [0.717, 1.165) is 11.3 Å². The monoisotopic (exact) mass is 320 g/mol. The quantitative estimate of drug-likeness (QED) is 0.849. The molecule has 0 saturated heterocycles. The number of methoxy groups -OCH3 is 1. The fourth-order valence-electron chi connectivity index (χ4n) is 2.03. The fraction of sp³-hybridized carbons (Fsp3) is 0.400. The minimum absolute atomic E-state index is 0.111. The number of rotatable bonds is 4. The summed E-state index contributed by atoms with van der Waals surface area (Å²) in [5.74, 6) is 1.27. The Hall–Kier alpha value is -2.15. The smallest absolute Gasteiger partial charge is 0.240 e. The van der Waals surface area contributed by atoms with Crippen molar-refractivity contribution in [2.75, 3.05) is 7.11 Å². The highest BCUT2D eigenvalue weighted by molar-refractivity contribution is 7.71. The number of carbonyl (C=O) groups is 1. The van der Waals surface area contributed by atoms with Gasteiger partial charge in [-0.05, 0) is 57.3 Å². The fourth-order valence-corrected chi connectivity index (χ4v) is 2.22. The molecule has 2 N–H and O–H groups in total. The minimum atomic E-state index is -0.288. The number of hydrogen-bond donors (Lipinski definition) is 2. The molecule has 6 nitrogen and oxygen atoms in total. The van der Waals surface area contributed by atoms with Crippen LogP contribution in [0.4, 0.5) is 0 Å². The summed E-state index contributed by atoms with van der Waals surface area (Å²) in [5.41, 5.74) is 0.570. The van der Waals surface area contributed by atoms with Crippen LogP contribution < -0.4 is 10.1 Å². The number of amides is 1. The van der Waals surface area contributed by atoms with Crippen LogP contribution in [0.1, 0.15) is 20.8 Å². The van der Waals surface area contributed by atoms with Crippen LogP contribution >= 0.6 is 12.2 Å². The lowest BCUT2D eigenvalue weighted by atomic mass is 10.1. The van der Waals surface area contributed by atoms with E-state index >= 15 is 0 Å². The summed E-state index contributed by atoms with van der Waals surface area (Å²) in [6, 6.07) is 7.43. The zero-order chi connectivity index (χ0) is 16.3. The van der Waals surface area contributed by atoms with Crippen molar-refractivity contribution >= 4 is 18.1 Å². The molecule has 118 valence electrons. The summed E-state index contributed by atoms with van der Waals surface area (Å²) < 4.78 is 7.23. The van der Waals surface area contributed by atoms with Gasteiger partial charge in [-0.25, -0.2) is 0 Å². The molecule has 1 aromatic heterocycles. The van der Waals surface area contributed by atoms with Crippen molar-refractivity contribution in [1.82, 2.24) is 20.1 Å². The molecule has 22 heavy (non-hydrogen) atoms. The zero-order valence-corrected chi connectivity index (χ0v) is 14.0. The summed E-state index contributed by atoms with van der Waals surface area (Å²) in [6.07, 6.45) is 0. The third kappa shape index (κ3) is 3.94. The average molecular weight is 320 g/mol. The van der Waals surface area contributed by atoms with E-state index < -0.39 is 0 Å². The van der Waals surface area contributed by atoms with E-state index in [4.69, 9.17) is 17.0 Å². The van der Waals surface area contributed by atoms with Crippen LogP contribution in [0.2, 0.25) is 0 Å². The van der Waals surface area contributed by atoms with E-state index in [-0.39, 0.29) is 18.0 Å². The highest BCUT2D eigenvalue weighted by Gasteiger charge is 2.17. The molecule has 0 bridgehead atoms. The van der Waals surface area contributed by atoms with Gasteiger partial charge in [0.2, 0.25) is 5.91 Å². The maximum atomic E-state index is 12.1. The second-order valence-electron chi connectivity index (χ2n) is 5.97. The molecule has 1 aromatic carbocycles. The predicted molar refractivity (Wildman–Crippen MR) is 87.3 cm³/mol.